The number of hydrogen-bond acceptors (Lipinski definition) is 4. The van der Waals surface area contributed by atoms with Crippen molar-refractivity contribution in [2.45, 2.75) is 0 Å². The van der Waals surface area contributed by atoms with E-state index in [0.717, 1.165) is 22.1 Å². The van der Waals surface area contributed by atoms with Crippen LogP contribution in [0, 0.1) is 11.3 Å². The zero-order chi connectivity index (χ0) is 13.9. The van der Waals surface area contributed by atoms with Gasteiger partial charge in [0.1, 0.15) is 6.07 Å². The lowest BCUT2D eigenvalue weighted by molar-refractivity contribution is 1.30. The Morgan fingerprint density at radius 1 is 1.10 bits per heavy atom. The number of fused-ring (bicyclic) bond motifs is 1. The third-order valence-corrected chi connectivity index (χ3v) is 3.12. The summed E-state index contributed by atoms with van der Waals surface area (Å²) >= 11 is 0. The first kappa shape index (κ1) is 12.0. The van der Waals surface area contributed by atoms with Gasteiger partial charge in [-0.15, -0.1) is 0 Å². The summed E-state index contributed by atoms with van der Waals surface area (Å²) in [6.07, 6.45) is 3.18. The Hall–Kier alpha value is -3.06. The normalized spacial score (nSPS) is 10.2. The fourth-order valence-corrected chi connectivity index (χ4v) is 2.13. The highest BCUT2D eigenvalue weighted by Gasteiger charge is 2.05. The zero-order valence-electron chi connectivity index (χ0n) is 10.7. The van der Waals surface area contributed by atoms with Crippen LogP contribution in [0.1, 0.15) is 5.56 Å². The molecule has 3 aromatic rings. The first-order valence-corrected chi connectivity index (χ1v) is 6.17. The van der Waals surface area contributed by atoms with Crippen LogP contribution < -0.4 is 11.1 Å². The predicted molar refractivity (Wildman–Crippen MR) is 80.6 cm³/mol. The van der Waals surface area contributed by atoms with Gasteiger partial charge in [-0.05, 0) is 17.5 Å². The molecule has 0 saturated carbocycles. The van der Waals surface area contributed by atoms with Gasteiger partial charge in [0.25, 0.3) is 0 Å². The monoisotopic (exact) mass is 260 g/mol. The summed E-state index contributed by atoms with van der Waals surface area (Å²) in [6, 6.07) is 15.7. The summed E-state index contributed by atoms with van der Waals surface area (Å²) in [6.45, 7) is 0. The third kappa shape index (κ3) is 2.13. The van der Waals surface area contributed by atoms with E-state index in [4.69, 9.17) is 11.0 Å². The molecule has 0 aliphatic heterocycles. The van der Waals surface area contributed by atoms with Gasteiger partial charge >= 0.3 is 0 Å². The van der Waals surface area contributed by atoms with E-state index >= 15 is 0 Å². The summed E-state index contributed by atoms with van der Waals surface area (Å²) in [4.78, 5) is 4.02. The van der Waals surface area contributed by atoms with Gasteiger partial charge in [0, 0.05) is 11.6 Å². The van der Waals surface area contributed by atoms with Crippen molar-refractivity contribution in [3.63, 3.8) is 0 Å². The molecule has 0 radical (unpaired) electrons. The topological polar surface area (TPSA) is 74.7 Å². The highest BCUT2D eigenvalue weighted by atomic mass is 14.9. The number of nitrogens with two attached hydrogens (primary N) is 1. The van der Waals surface area contributed by atoms with Crippen LogP contribution in [0.3, 0.4) is 0 Å². The molecule has 2 aromatic carbocycles. The van der Waals surface area contributed by atoms with E-state index < -0.39 is 0 Å². The van der Waals surface area contributed by atoms with Gasteiger partial charge in [0.2, 0.25) is 0 Å². The van der Waals surface area contributed by atoms with Crippen molar-refractivity contribution in [1.29, 1.82) is 5.26 Å². The number of nitrogens with zero attached hydrogens (tertiary/aromatic N) is 2. The largest absolute Gasteiger partial charge is 0.397 e. The molecule has 1 aromatic heterocycles. The molecule has 0 aliphatic rings. The minimum absolute atomic E-state index is 0.509. The van der Waals surface area contributed by atoms with Crippen LogP contribution in [-0.4, -0.2) is 4.98 Å². The molecule has 0 amide bonds. The Morgan fingerprint density at radius 3 is 2.80 bits per heavy atom. The lowest BCUT2D eigenvalue weighted by atomic mass is 10.1. The maximum absolute atomic E-state index is 8.88. The van der Waals surface area contributed by atoms with Crippen LogP contribution in [-0.2, 0) is 0 Å². The molecule has 0 bridgehead atoms. The number of nitriles is 1. The van der Waals surface area contributed by atoms with Crippen molar-refractivity contribution in [1.82, 2.24) is 4.98 Å². The van der Waals surface area contributed by atoms with Gasteiger partial charge in [-0.25, -0.2) is 0 Å². The Kier molecular flexibility index (Phi) is 2.94. The summed E-state index contributed by atoms with van der Waals surface area (Å²) in [5, 5.41) is 14.2. The SMILES string of the molecule is N#Cc1cncc(Nc2ccc3ccccc3c2N)c1. The average molecular weight is 260 g/mol. The molecule has 0 saturated heterocycles. The highest BCUT2D eigenvalue weighted by Crippen LogP contribution is 2.30. The quantitative estimate of drug-likeness (QED) is 0.692. The van der Waals surface area contributed by atoms with Crippen LogP contribution in [0.4, 0.5) is 17.1 Å². The van der Waals surface area contributed by atoms with E-state index in [1.807, 2.05) is 36.4 Å². The maximum Gasteiger partial charge on any atom is 0.101 e. The van der Waals surface area contributed by atoms with Crippen LogP contribution in [0.15, 0.2) is 54.9 Å². The van der Waals surface area contributed by atoms with E-state index in [9.17, 15) is 0 Å². The standard InChI is InChI=1S/C16H12N4/c17-8-11-7-13(10-19-9-11)20-15-6-5-12-3-1-2-4-14(12)16(15)18/h1-7,9-10,20H,18H2. The predicted octanol–water partition coefficient (Wildman–Crippen LogP) is 3.43. The van der Waals surface area contributed by atoms with Crippen LogP contribution in [0.5, 0.6) is 0 Å². The van der Waals surface area contributed by atoms with Crippen molar-refractivity contribution in [3.8, 4) is 6.07 Å². The molecule has 4 nitrogen and oxygen atoms in total. The summed E-state index contributed by atoms with van der Waals surface area (Å²) < 4.78 is 0. The van der Waals surface area contributed by atoms with Crippen LogP contribution in [0.25, 0.3) is 10.8 Å². The lowest BCUT2D eigenvalue weighted by Crippen LogP contribution is -1.98. The van der Waals surface area contributed by atoms with Crippen LogP contribution in [0.2, 0.25) is 0 Å². The number of pyridine rings is 1. The van der Waals surface area contributed by atoms with Crippen molar-refractivity contribution in [3.05, 3.63) is 60.4 Å². The van der Waals surface area contributed by atoms with Crippen molar-refractivity contribution in [2.24, 2.45) is 0 Å². The van der Waals surface area contributed by atoms with E-state index in [2.05, 4.69) is 16.4 Å². The minimum atomic E-state index is 0.509. The first-order valence-electron chi connectivity index (χ1n) is 6.17. The lowest BCUT2D eigenvalue weighted by Gasteiger charge is -2.11. The molecule has 20 heavy (non-hydrogen) atoms. The van der Waals surface area contributed by atoms with Crippen molar-refractivity contribution < 1.29 is 0 Å². The minimum Gasteiger partial charge on any atom is -0.397 e. The van der Waals surface area contributed by atoms with E-state index in [1.165, 1.54) is 6.20 Å². The van der Waals surface area contributed by atoms with Gasteiger partial charge in [0.15, 0.2) is 0 Å². The molecule has 1 heterocycles. The molecule has 3 rings (SSSR count). The number of benzene rings is 2. The molecule has 0 fully saturated rings. The van der Waals surface area contributed by atoms with Crippen LogP contribution >= 0.6 is 0 Å². The third-order valence-electron chi connectivity index (χ3n) is 3.12. The molecule has 0 spiro atoms. The summed E-state index contributed by atoms with van der Waals surface area (Å²) in [7, 11) is 0. The summed E-state index contributed by atoms with van der Waals surface area (Å²) in [5.74, 6) is 0. The van der Waals surface area contributed by atoms with E-state index in [0.29, 0.717) is 11.3 Å². The number of nitrogen functional groups attached to an aromatic ring is 1. The Morgan fingerprint density at radius 2 is 1.95 bits per heavy atom. The smallest absolute Gasteiger partial charge is 0.101 e. The highest BCUT2D eigenvalue weighted by molar-refractivity contribution is 5.99. The van der Waals surface area contributed by atoms with E-state index in [-0.39, 0.29) is 0 Å². The second-order valence-corrected chi connectivity index (χ2v) is 4.45. The molecular formula is C16H12N4. The fraction of sp³-hybridized carbons (Fsp3) is 0. The number of rotatable bonds is 2. The van der Waals surface area contributed by atoms with Gasteiger partial charge in [-0.1, -0.05) is 30.3 Å². The van der Waals surface area contributed by atoms with Crippen molar-refractivity contribution >= 4 is 27.8 Å². The molecule has 3 N–H and O–H groups in total. The van der Waals surface area contributed by atoms with Gasteiger partial charge in [0.05, 0.1) is 28.8 Å². The summed E-state index contributed by atoms with van der Waals surface area (Å²) in [5.41, 5.74) is 8.93. The number of aromatic nitrogens is 1. The Balaban J connectivity index is 2.02. The number of anilines is 3. The molecule has 0 aliphatic carbocycles. The molecular weight excluding hydrogens is 248 g/mol. The van der Waals surface area contributed by atoms with Gasteiger partial charge in [-0.3, -0.25) is 4.98 Å². The maximum atomic E-state index is 8.88. The van der Waals surface area contributed by atoms with Crippen molar-refractivity contribution in [2.75, 3.05) is 11.1 Å². The number of nitrogens with one attached hydrogen (secondary N) is 1. The second-order valence-electron chi connectivity index (χ2n) is 4.45. The fourth-order valence-electron chi connectivity index (χ4n) is 2.13. The Labute approximate surface area is 116 Å². The van der Waals surface area contributed by atoms with Gasteiger partial charge < -0.3 is 11.1 Å². The van der Waals surface area contributed by atoms with E-state index in [1.54, 1.807) is 12.3 Å². The average Bonchev–Trinajstić information content (AvgIpc) is 2.50. The van der Waals surface area contributed by atoms with Gasteiger partial charge in [-0.2, -0.15) is 5.26 Å². The first-order chi connectivity index (χ1) is 9.78. The molecule has 4 heteroatoms. The zero-order valence-corrected chi connectivity index (χ0v) is 10.7. The molecule has 0 unspecified atom stereocenters. The second kappa shape index (κ2) is 4.90. The Bertz CT molecular complexity index is 818. The molecule has 0 atom stereocenters. The number of hydrogen-bond donors (Lipinski definition) is 2. The molecule has 96 valence electrons.